The van der Waals surface area contributed by atoms with Gasteiger partial charge in [0, 0.05) is 18.7 Å². The Hall–Kier alpha value is -3.37. The van der Waals surface area contributed by atoms with Crippen molar-refractivity contribution in [3.8, 4) is 5.75 Å². The summed E-state index contributed by atoms with van der Waals surface area (Å²) in [7, 11) is -2.50. The predicted octanol–water partition coefficient (Wildman–Crippen LogP) is 5.82. The van der Waals surface area contributed by atoms with E-state index in [1.54, 1.807) is 31.3 Å². The van der Waals surface area contributed by atoms with E-state index in [4.69, 9.17) is 27.9 Å². The highest BCUT2D eigenvalue weighted by Crippen LogP contribution is 2.41. The van der Waals surface area contributed by atoms with Gasteiger partial charge >= 0.3 is 0 Å². The zero-order chi connectivity index (χ0) is 26.3. The second-order valence-electron chi connectivity index (χ2n) is 8.17. The van der Waals surface area contributed by atoms with Gasteiger partial charge in [0.1, 0.15) is 14.3 Å². The third-order valence-corrected chi connectivity index (χ3v) is 9.49. The van der Waals surface area contributed by atoms with Crippen molar-refractivity contribution in [1.82, 2.24) is 4.72 Å². The molecule has 3 aromatic carbocycles. The smallest absolute Gasteiger partial charge is 0.273 e. The fraction of sp³-hybridized carbons (Fsp3) is 0.0769. The van der Waals surface area contributed by atoms with Crippen LogP contribution >= 0.6 is 34.5 Å². The molecule has 37 heavy (non-hydrogen) atoms. The van der Waals surface area contributed by atoms with Crippen LogP contribution in [-0.2, 0) is 19.6 Å². The van der Waals surface area contributed by atoms with Crippen LogP contribution < -0.4 is 14.4 Å². The minimum absolute atomic E-state index is 0.0844. The Morgan fingerprint density at radius 1 is 1.05 bits per heavy atom. The van der Waals surface area contributed by atoms with Gasteiger partial charge in [-0.25, -0.2) is 13.1 Å². The number of sulfonamides is 1. The summed E-state index contributed by atoms with van der Waals surface area (Å²) in [6.45, 7) is 0. The Morgan fingerprint density at radius 3 is 2.54 bits per heavy atom. The number of hydrogen-bond donors (Lipinski definition) is 1. The molecule has 0 saturated carbocycles. The second-order valence-corrected chi connectivity index (χ2v) is 12.1. The number of halogens is 2. The van der Waals surface area contributed by atoms with Gasteiger partial charge in [0.2, 0.25) is 6.10 Å². The molecule has 1 aliphatic heterocycles. The molecular formula is C26H18Cl2N2O5S2. The first-order valence-corrected chi connectivity index (χ1v) is 14.0. The van der Waals surface area contributed by atoms with Gasteiger partial charge in [-0.3, -0.25) is 9.59 Å². The number of carbonyl (C=O) groups is 2. The SMILES string of the molecule is CN1C(=O)C(Oc2ccc3ccccc3c2)c2c(/C=C/C(=O)NS(=O)(=O)c3cc(Cl)c(Cl)s3)cccc21. The fourth-order valence-corrected chi connectivity index (χ4v) is 6.86. The molecule has 2 heterocycles. The minimum Gasteiger partial charge on any atom is -0.476 e. The number of benzene rings is 3. The lowest BCUT2D eigenvalue weighted by Crippen LogP contribution is -2.28. The van der Waals surface area contributed by atoms with Gasteiger partial charge in [-0.15, -0.1) is 11.3 Å². The fourth-order valence-electron chi connectivity index (χ4n) is 4.04. The molecule has 1 atom stereocenters. The van der Waals surface area contributed by atoms with E-state index in [0.29, 0.717) is 22.6 Å². The van der Waals surface area contributed by atoms with Gasteiger partial charge in [0.25, 0.3) is 21.8 Å². The van der Waals surface area contributed by atoms with Gasteiger partial charge in [-0.2, -0.15) is 0 Å². The molecule has 0 bridgehead atoms. The molecule has 0 fully saturated rings. The van der Waals surface area contributed by atoms with E-state index in [1.165, 1.54) is 17.0 Å². The molecule has 1 aromatic heterocycles. The number of fused-ring (bicyclic) bond motifs is 2. The number of amides is 2. The summed E-state index contributed by atoms with van der Waals surface area (Å²) in [4.78, 5) is 27.1. The third kappa shape index (κ3) is 4.95. The van der Waals surface area contributed by atoms with E-state index in [0.717, 1.165) is 28.2 Å². The lowest BCUT2D eigenvalue weighted by Gasteiger charge is -2.15. The van der Waals surface area contributed by atoms with E-state index in [9.17, 15) is 18.0 Å². The summed E-state index contributed by atoms with van der Waals surface area (Å²) in [5.74, 6) is -0.611. The predicted molar refractivity (Wildman–Crippen MR) is 146 cm³/mol. The van der Waals surface area contributed by atoms with Crippen LogP contribution in [0.25, 0.3) is 16.8 Å². The normalized spacial score (nSPS) is 15.4. The lowest BCUT2D eigenvalue weighted by atomic mass is 10.0. The van der Waals surface area contributed by atoms with Crippen molar-refractivity contribution in [3.05, 3.63) is 93.3 Å². The van der Waals surface area contributed by atoms with Crippen LogP contribution in [0.5, 0.6) is 5.75 Å². The maximum atomic E-state index is 13.1. The average Bonchev–Trinajstić information content (AvgIpc) is 3.34. The van der Waals surface area contributed by atoms with Gasteiger partial charge in [0.05, 0.1) is 10.7 Å². The number of nitrogens with zero attached hydrogens (tertiary/aromatic N) is 1. The zero-order valence-electron chi connectivity index (χ0n) is 19.1. The molecule has 1 aliphatic rings. The third-order valence-electron chi connectivity index (χ3n) is 5.81. The van der Waals surface area contributed by atoms with Crippen molar-refractivity contribution in [2.45, 2.75) is 10.3 Å². The number of ether oxygens (including phenoxy) is 1. The second kappa shape index (κ2) is 9.83. The number of carbonyl (C=O) groups excluding carboxylic acids is 2. The highest BCUT2D eigenvalue weighted by atomic mass is 35.5. The first kappa shape index (κ1) is 25.3. The molecule has 11 heteroatoms. The Morgan fingerprint density at radius 2 is 1.81 bits per heavy atom. The zero-order valence-corrected chi connectivity index (χ0v) is 22.3. The Kier molecular flexibility index (Phi) is 6.72. The molecule has 0 spiro atoms. The topological polar surface area (TPSA) is 92.8 Å². The van der Waals surface area contributed by atoms with Crippen LogP contribution in [0, 0.1) is 0 Å². The average molecular weight is 573 g/mol. The summed E-state index contributed by atoms with van der Waals surface area (Å²) >= 11 is 12.4. The van der Waals surface area contributed by atoms with Crippen LogP contribution in [0.4, 0.5) is 5.69 Å². The van der Waals surface area contributed by atoms with Crippen LogP contribution in [0.1, 0.15) is 17.2 Å². The Bertz CT molecular complexity index is 1680. The molecule has 7 nitrogen and oxygen atoms in total. The van der Waals surface area contributed by atoms with Gasteiger partial charge < -0.3 is 9.64 Å². The summed E-state index contributed by atoms with van der Waals surface area (Å²) in [5, 5.41) is 2.10. The maximum absolute atomic E-state index is 13.1. The monoisotopic (exact) mass is 572 g/mol. The number of hydrogen-bond acceptors (Lipinski definition) is 6. The van der Waals surface area contributed by atoms with Crippen molar-refractivity contribution >= 4 is 78.9 Å². The van der Waals surface area contributed by atoms with E-state index in [-0.39, 0.29) is 19.5 Å². The van der Waals surface area contributed by atoms with Gasteiger partial charge in [-0.1, -0.05) is 65.7 Å². The molecule has 0 aliphatic carbocycles. The molecule has 0 saturated heterocycles. The first-order valence-electron chi connectivity index (χ1n) is 10.9. The van der Waals surface area contributed by atoms with Crippen LogP contribution in [0.3, 0.4) is 0 Å². The van der Waals surface area contributed by atoms with E-state index in [1.807, 2.05) is 41.1 Å². The van der Waals surface area contributed by atoms with Crippen molar-refractivity contribution in [2.75, 3.05) is 11.9 Å². The summed E-state index contributed by atoms with van der Waals surface area (Å²) < 4.78 is 33.0. The van der Waals surface area contributed by atoms with Gasteiger partial charge in [-0.05, 0) is 46.7 Å². The highest BCUT2D eigenvalue weighted by molar-refractivity contribution is 7.92. The number of nitrogens with one attached hydrogen (secondary N) is 1. The standard InChI is InChI=1S/C26H18Cl2N2O5S2/c1-30-20-8-4-7-16(10-12-21(31)29-37(33,34)22-14-19(27)25(28)36-22)23(20)24(26(30)32)35-18-11-9-15-5-2-3-6-17(15)13-18/h2-14,24H,1H3,(H,29,31)/b12-10+. The minimum atomic E-state index is -4.15. The molecule has 1 N–H and O–H groups in total. The Balaban J connectivity index is 1.41. The number of thiophene rings is 1. The molecular weight excluding hydrogens is 555 g/mol. The van der Waals surface area contributed by atoms with E-state index >= 15 is 0 Å². The van der Waals surface area contributed by atoms with Crippen molar-refractivity contribution in [1.29, 1.82) is 0 Å². The Labute approximate surface area is 226 Å². The maximum Gasteiger partial charge on any atom is 0.273 e. The number of likely N-dealkylation sites (N-methyl/N-ethyl adjacent to an activating group) is 1. The summed E-state index contributed by atoms with van der Waals surface area (Å²) in [6.07, 6.45) is 1.59. The summed E-state index contributed by atoms with van der Waals surface area (Å²) in [5.41, 5.74) is 1.75. The quantitative estimate of drug-likeness (QED) is 0.294. The van der Waals surface area contributed by atoms with Gasteiger partial charge in [0.15, 0.2) is 0 Å². The molecule has 5 rings (SSSR count). The molecule has 4 aromatic rings. The molecule has 2 amide bonds. The van der Waals surface area contributed by atoms with E-state index < -0.39 is 22.0 Å². The highest BCUT2D eigenvalue weighted by Gasteiger charge is 2.38. The molecule has 0 radical (unpaired) electrons. The van der Waals surface area contributed by atoms with Crippen molar-refractivity contribution in [3.63, 3.8) is 0 Å². The number of anilines is 1. The van der Waals surface area contributed by atoms with Crippen LogP contribution in [0.2, 0.25) is 9.36 Å². The first-order chi connectivity index (χ1) is 17.6. The van der Waals surface area contributed by atoms with Crippen molar-refractivity contribution < 1.29 is 22.7 Å². The summed E-state index contributed by atoms with van der Waals surface area (Å²) in [6, 6.07) is 19.8. The lowest BCUT2D eigenvalue weighted by molar-refractivity contribution is -0.124. The molecule has 188 valence electrons. The largest absolute Gasteiger partial charge is 0.476 e. The molecule has 1 unspecified atom stereocenters. The van der Waals surface area contributed by atoms with E-state index in [2.05, 4.69) is 0 Å². The van der Waals surface area contributed by atoms with Crippen LogP contribution in [0.15, 0.2) is 77.0 Å². The van der Waals surface area contributed by atoms with Crippen molar-refractivity contribution in [2.24, 2.45) is 0 Å². The number of rotatable bonds is 6. The van der Waals surface area contributed by atoms with Crippen LogP contribution in [-0.4, -0.2) is 27.3 Å².